The van der Waals surface area contributed by atoms with Crippen LogP contribution in [0.1, 0.15) is 68.8 Å². The third-order valence-electron chi connectivity index (χ3n) is 6.51. The molecule has 1 saturated heterocycles. The van der Waals surface area contributed by atoms with Gasteiger partial charge in [-0.15, -0.1) is 0 Å². The second-order valence-electron chi connectivity index (χ2n) is 8.17. The van der Waals surface area contributed by atoms with Crippen molar-refractivity contribution in [2.45, 2.75) is 84.7 Å². The zero-order valence-corrected chi connectivity index (χ0v) is 16.5. The first-order valence-corrected chi connectivity index (χ1v) is 10.2. The van der Waals surface area contributed by atoms with Gasteiger partial charge in [-0.2, -0.15) is 10.4 Å². The average Bonchev–Trinajstić information content (AvgIpc) is 2.91. The zero-order valence-electron chi connectivity index (χ0n) is 16.5. The van der Waals surface area contributed by atoms with Crippen LogP contribution in [-0.2, 0) is 17.8 Å². The van der Waals surface area contributed by atoms with Gasteiger partial charge in [-0.05, 0) is 63.4 Å². The van der Waals surface area contributed by atoms with Crippen LogP contribution in [0.3, 0.4) is 0 Å². The Morgan fingerprint density at radius 1 is 1.27 bits per heavy atom. The Balaban J connectivity index is 1.65. The number of carbonyl (C=O) groups excluding carboxylic acids is 1. The predicted octanol–water partition coefficient (Wildman–Crippen LogP) is 3.77. The molecular weight excluding hydrogens is 324 g/mol. The zero-order chi connectivity index (χ0) is 18.7. The summed E-state index contributed by atoms with van der Waals surface area (Å²) in [6, 6.07) is 2.64. The molecule has 3 atom stereocenters. The third-order valence-corrected chi connectivity index (χ3v) is 6.51. The van der Waals surface area contributed by atoms with Crippen molar-refractivity contribution in [2.75, 3.05) is 6.54 Å². The van der Waals surface area contributed by atoms with Crippen LogP contribution in [-0.4, -0.2) is 33.2 Å². The number of amides is 1. The number of piperidine rings is 1. The SMILES string of the molecule is Cc1nn(CCC#N)c(C)c1CCC(=O)N1CCC[C@@H]2CCC[C@@H](C)[C@H]21. The lowest BCUT2D eigenvalue weighted by Gasteiger charge is -2.47. The largest absolute Gasteiger partial charge is 0.339 e. The Labute approximate surface area is 157 Å². The van der Waals surface area contributed by atoms with E-state index in [1.54, 1.807) is 0 Å². The third kappa shape index (κ3) is 3.79. The molecule has 0 N–H and O–H groups in total. The molecule has 1 aliphatic carbocycles. The van der Waals surface area contributed by atoms with Gasteiger partial charge in [0.25, 0.3) is 0 Å². The maximum atomic E-state index is 13.0. The van der Waals surface area contributed by atoms with Crippen LogP contribution in [0.15, 0.2) is 0 Å². The number of likely N-dealkylation sites (tertiary alicyclic amines) is 1. The van der Waals surface area contributed by atoms with Crippen molar-refractivity contribution in [3.63, 3.8) is 0 Å². The number of hydrogen-bond donors (Lipinski definition) is 0. The highest BCUT2D eigenvalue weighted by atomic mass is 16.2. The molecule has 2 fully saturated rings. The second kappa shape index (κ2) is 8.24. The lowest BCUT2D eigenvalue weighted by atomic mass is 9.73. The van der Waals surface area contributed by atoms with E-state index in [4.69, 9.17) is 5.26 Å². The van der Waals surface area contributed by atoms with E-state index in [0.29, 0.717) is 43.2 Å². The Hall–Kier alpha value is -1.83. The van der Waals surface area contributed by atoms with Crippen molar-refractivity contribution in [3.8, 4) is 6.07 Å². The Morgan fingerprint density at radius 3 is 2.81 bits per heavy atom. The summed E-state index contributed by atoms with van der Waals surface area (Å²) in [6.07, 6.45) is 8.12. The van der Waals surface area contributed by atoms with Crippen LogP contribution < -0.4 is 0 Å². The first-order valence-electron chi connectivity index (χ1n) is 10.2. The van der Waals surface area contributed by atoms with Gasteiger partial charge < -0.3 is 4.90 Å². The number of hydrogen-bond acceptors (Lipinski definition) is 3. The second-order valence-corrected chi connectivity index (χ2v) is 8.17. The Kier molecular flexibility index (Phi) is 6.01. The predicted molar refractivity (Wildman–Crippen MR) is 101 cm³/mol. The lowest BCUT2D eigenvalue weighted by molar-refractivity contribution is -0.139. The molecule has 0 bridgehead atoms. The molecule has 0 unspecified atom stereocenters. The van der Waals surface area contributed by atoms with Crippen LogP contribution in [0.25, 0.3) is 0 Å². The van der Waals surface area contributed by atoms with Crippen LogP contribution in [0.4, 0.5) is 0 Å². The van der Waals surface area contributed by atoms with Crippen LogP contribution in [0.2, 0.25) is 0 Å². The first kappa shape index (κ1) is 18.9. The normalized spacial score (nSPS) is 25.6. The Morgan fingerprint density at radius 2 is 2.04 bits per heavy atom. The van der Waals surface area contributed by atoms with E-state index in [1.807, 2.05) is 11.6 Å². The van der Waals surface area contributed by atoms with E-state index in [2.05, 4.69) is 29.9 Å². The van der Waals surface area contributed by atoms with Gasteiger partial charge in [-0.1, -0.05) is 13.3 Å². The van der Waals surface area contributed by atoms with E-state index in [1.165, 1.54) is 31.2 Å². The first-order chi connectivity index (χ1) is 12.5. The maximum Gasteiger partial charge on any atom is 0.223 e. The van der Waals surface area contributed by atoms with Gasteiger partial charge in [-0.25, -0.2) is 0 Å². The molecule has 2 aliphatic rings. The minimum atomic E-state index is 0.317. The summed E-state index contributed by atoms with van der Waals surface area (Å²) in [6.45, 7) is 7.96. The van der Waals surface area contributed by atoms with Crippen molar-refractivity contribution in [1.82, 2.24) is 14.7 Å². The summed E-state index contributed by atoms with van der Waals surface area (Å²) in [5, 5.41) is 13.3. The molecule has 1 aromatic heterocycles. The molecular formula is C21H32N4O. The van der Waals surface area contributed by atoms with Gasteiger partial charge in [0.2, 0.25) is 5.91 Å². The lowest BCUT2D eigenvalue weighted by Crippen LogP contribution is -2.53. The number of fused-ring (bicyclic) bond motifs is 1. The highest BCUT2D eigenvalue weighted by Gasteiger charge is 2.39. The fourth-order valence-electron chi connectivity index (χ4n) is 5.19. The van der Waals surface area contributed by atoms with Gasteiger partial charge in [-0.3, -0.25) is 9.48 Å². The van der Waals surface area contributed by atoms with Crippen molar-refractivity contribution >= 4 is 5.91 Å². The van der Waals surface area contributed by atoms with E-state index < -0.39 is 0 Å². The van der Waals surface area contributed by atoms with Crippen LogP contribution in [0.5, 0.6) is 0 Å². The standard InChI is InChI=1S/C21H32N4O/c1-15-7-4-8-18-9-5-13-24(21(15)18)20(26)11-10-19-16(2)23-25(17(19)3)14-6-12-22/h15,18,21H,4-11,13-14H2,1-3H3/t15-,18+,21-/m1/s1. The minimum Gasteiger partial charge on any atom is -0.339 e. The number of nitriles is 1. The minimum absolute atomic E-state index is 0.317. The number of aryl methyl sites for hydroxylation is 2. The highest BCUT2D eigenvalue weighted by molar-refractivity contribution is 5.77. The van der Waals surface area contributed by atoms with Gasteiger partial charge in [0.1, 0.15) is 0 Å². The van der Waals surface area contributed by atoms with Gasteiger partial charge in [0.15, 0.2) is 0 Å². The molecule has 142 valence electrons. The summed E-state index contributed by atoms with van der Waals surface area (Å²) < 4.78 is 1.92. The van der Waals surface area contributed by atoms with Crippen molar-refractivity contribution in [1.29, 1.82) is 5.26 Å². The summed E-state index contributed by atoms with van der Waals surface area (Å²) in [4.78, 5) is 15.2. The van der Waals surface area contributed by atoms with Crippen LogP contribution in [0, 0.1) is 37.0 Å². The molecule has 5 nitrogen and oxygen atoms in total. The Bertz CT molecular complexity index is 685. The molecule has 1 aromatic rings. The molecule has 0 aromatic carbocycles. The van der Waals surface area contributed by atoms with E-state index >= 15 is 0 Å². The fraction of sp³-hybridized carbons (Fsp3) is 0.762. The molecule has 26 heavy (non-hydrogen) atoms. The topological polar surface area (TPSA) is 61.9 Å². The summed E-state index contributed by atoms with van der Waals surface area (Å²) in [5.74, 6) is 1.67. The van der Waals surface area contributed by atoms with E-state index in [0.717, 1.165) is 30.8 Å². The maximum absolute atomic E-state index is 13.0. The summed E-state index contributed by atoms with van der Waals surface area (Å²) >= 11 is 0. The average molecular weight is 357 g/mol. The molecule has 0 spiro atoms. The molecule has 5 heteroatoms. The fourth-order valence-corrected chi connectivity index (χ4v) is 5.19. The quantitative estimate of drug-likeness (QED) is 0.807. The molecule has 3 rings (SSSR count). The van der Waals surface area contributed by atoms with Crippen molar-refractivity contribution < 1.29 is 4.79 Å². The van der Waals surface area contributed by atoms with Gasteiger partial charge in [0.05, 0.1) is 24.7 Å². The highest BCUT2D eigenvalue weighted by Crippen LogP contribution is 2.39. The van der Waals surface area contributed by atoms with Crippen molar-refractivity contribution in [3.05, 3.63) is 17.0 Å². The number of nitrogens with zero attached hydrogens (tertiary/aromatic N) is 4. The van der Waals surface area contributed by atoms with Gasteiger partial charge >= 0.3 is 0 Å². The molecule has 2 heterocycles. The molecule has 1 amide bonds. The summed E-state index contributed by atoms with van der Waals surface area (Å²) in [7, 11) is 0. The number of carbonyl (C=O) groups is 1. The molecule has 1 saturated carbocycles. The molecule has 1 aliphatic heterocycles. The smallest absolute Gasteiger partial charge is 0.223 e. The monoisotopic (exact) mass is 356 g/mol. The van der Waals surface area contributed by atoms with Crippen LogP contribution >= 0.6 is 0 Å². The summed E-state index contributed by atoms with van der Waals surface area (Å²) in [5.41, 5.74) is 3.28. The van der Waals surface area contributed by atoms with Crippen molar-refractivity contribution in [2.24, 2.45) is 11.8 Å². The van der Waals surface area contributed by atoms with E-state index in [9.17, 15) is 4.79 Å². The molecule has 0 radical (unpaired) electrons. The van der Waals surface area contributed by atoms with Gasteiger partial charge in [0, 0.05) is 24.7 Å². The number of rotatable bonds is 5. The van der Waals surface area contributed by atoms with E-state index in [-0.39, 0.29) is 0 Å². The number of aromatic nitrogens is 2.